The highest BCUT2D eigenvalue weighted by molar-refractivity contribution is 5.94. The number of rotatable bonds is 6. The molecule has 1 unspecified atom stereocenters. The van der Waals surface area contributed by atoms with Gasteiger partial charge in [-0.3, -0.25) is 4.79 Å². The number of carbonyl (C=O) groups excluding carboxylic acids is 1. The van der Waals surface area contributed by atoms with Gasteiger partial charge in [-0.15, -0.1) is 0 Å². The largest absolute Gasteiger partial charge is 0.392 e. The Morgan fingerprint density at radius 1 is 1.43 bits per heavy atom. The van der Waals surface area contributed by atoms with E-state index in [9.17, 15) is 9.90 Å². The average Bonchev–Trinajstić information content (AvgIpc) is 2.43. The van der Waals surface area contributed by atoms with E-state index in [1.165, 1.54) is 0 Å². The van der Waals surface area contributed by atoms with Gasteiger partial charge in [0.05, 0.1) is 6.10 Å². The first-order valence-corrected chi connectivity index (χ1v) is 7.25. The Hall–Kier alpha value is -1.62. The van der Waals surface area contributed by atoms with Crippen LogP contribution in [0.2, 0.25) is 0 Å². The predicted molar refractivity (Wildman–Crippen MR) is 85.5 cm³/mol. The smallest absolute Gasteiger partial charge is 0.251 e. The topological polar surface area (TPSA) is 65.5 Å². The molecule has 1 atom stereocenters. The summed E-state index contributed by atoms with van der Waals surface area (Å²) >= 11 is 0. The second-order valence-corrected chi connectivity index (χ2v) is 6.66. The van der Waals surface area contributed by atoms with Crippen LogP contribution in [0.4, 0.5) is 5.82 Å². The molecule has 118 valence electrons. The number of hydrogen-bond acceptors (Lipinski definition) is 4. The Balaban J connectivity index is 2.72. The Kier molecular flexibility index (Phi) is 5.72. The first kappa shape index (κ1) is 17.4. The van der Waals surface area contributed by atoms with E-state index >= 15 is 0 Å². The molecule has 0 radical (unpaired) electrons. The molecule has 0 saturated heterocycles. The lowest BCUT2D eigenvalue weighted by Gasteiger charge is -2.33. The summed E-state index contributed by atoms with van der Waals surface area (Å²) < 4.78 is 0. The van der Waals surface area contributed by atoms with E-state index in [1.54, 1.807) is 18.3 Å². The van der Waals surface area contributed by atoms with Gasteiger partial charge in [0.2, 0.25) is 0 Å². The molecule has 1 heterocycles. The Morgan fingerprint density at radius 3 is 2.57 bits per heavy atom. The first-order chi connectivity index (χ1) is 9.65. The zero-order valence-electron chi connectivity index (χ0n) is 13.8. The van der Waals surface area contributed by atoms with E-state index in [2.05, 4.69) is 10.3 Å². The Bertz CT molecular complexity index is 484. The SMILES string of the molecule is CC(C)C(O)C(C)(C)CNC(=O)c1ccnc(N(C)C)c1. The number of anilines is 1. The van der Waals surface area contributed by atoms with Crippen LogP contribution in [0, 0.1) is 11.3 Å². The summed E-state index contributed by atoms with van der Waals surface area (Å²) in [5.74, 6) is 0.742. The van der Waals surface area contributed by atoms with Crippen LogP contribution in [-0.4, -0.2) is 42.7 Å². The van der Waals surface area contributed by atoms with Gasteiger partial charge in [-0.1, -0.05) is 27.7 Å². The van der Waals surface area contributed by atoms with E-state index in [-0.39, 0.29) is 17.2 Å². The minimum atomic E-state index is -0.465. The maximum atomic E-state index is 12.2. The fourth-order valence-electron chi connectivity index (χ4n) is 2.22. The zero-order valence-corrected chi connectivity index (χ0v) is 13.8. The molecule has 0 aliphatic heterocycles. The molecule has 1 aromatic heterocycles. The Labute approximate surface area is 127 Å². The fourth-order valence-corrected chi connectivity index (χ4v) is 2.22. The number of nitrogens with zero attached hydrogens (tertiary/aromatic N) is 2. The van der Waals surface area contributed by atoms with Crippen molar-refractivity contribution in [1.29, 1.82) is 0 Å². The van der Waals surface area contributed by atoms with Crippen LogP contribution in [0.1, 0.15) is 38.1 Å². The third-order valence-corrected chi connectivity index (χ3v) is 3.60. The number of nitrogens with one attached hydrogen (secondary N) is 1. The highest BCUT2D eigenvalue weighted by atomic mass is 16.3. The highest BCUT2D eigenvalue weighted by Gasteiger charge is 2.30. The van der Waals surface area contributed by atoms with Gasteiger partial charge in [0.25, 0.3) is 5.91 Å². The second-order valence-electron chi connectivity index (χ2n) is 6.66. The van der Waals surface area contributed by atoms with Crippen molar-refractivity contribution in [1.82, 2.24) is 10.3 Å². The minimum Gasteiger partial charge on any atom is -0.392 e. The lowest BCUT2D eigenvalue weighted by Crippen LogP contribution is -2.43. The predicted octanol–water partition coefficient (Wildman–Crippen LogP) is 1.92. The third-order valence-electron chi connectivity index (χ3n) is 3.60. The summed E-state index contributed by atoms with van der Waals surface area (Å²) in [5.41, 5.74) is 0.199. The monoisotopic (exact) mass is 293 g/mol. The molecule has 5 heteroatoms. The molecule has 0 bridgehead atoms. The summed E-state index contributed by atoms with van der Waals surface area (Å²) in [5, 5.41) is 13.1. The maximum absolute atomic E-state index is 12.2. The van der Waals surface area contributed by atoms with Crippen LogP contribution in [0.25, 0.3) is 0 Å². The van der Waals surface area contributed by atoms with Crippen molar-refractivity contribution in [3.63, 3.8) is 0 Å². The molecule has 0 aromatic carbocycles. The van der Waals surface area contributed by atoms with Gasteiger partial charge in [-0.05, 0) is 18.1 Å². The van der Waals surface area contributed by atoms with Crippen LogP contribution in [0.3, 0.4) is 0 Å². The molecular weight excluding hydrogens is 266 g/mol. The van der Waals surface area contributed by atoms with E-state index in [0.717, 1.165) is 5.82 Å². The van der Waals surface area contributed by atoms with Gasteiger partial charge in [0.1, 0.15) is 5.82 Å². The Morgan fingerprint density at radius 2 is 2.05 bits per heavy atom. The number of aromatic nitrogens is 1. The van der Waals surface area contributed by atoms with Crippen molar-refractivity contribution in [2.24, 2.45) is 11.3 Å². The molecule has 1 aromatic rings. The van der Waals surface area contributed by atoms with Crippen molar-refractivity contribution in [2.45, 2.75) is 33.8 Å². The normalized spacial score (nSPS) is 13.1. The lowest BCUT2D eigenvalue weighted by atomic mass is 9.80. The lowest BCUT2D eigenvalue weighted by molar-refractivity contribution is 0.0138. The highest BCUT2D eigenvalue weighted by Crippen LogP contribution is 2.25. The van der Waals surface area contributed by atoms with Crippen molar-refractivity contribution < 1.29 is 9.90 Å². The summed E-state index contributed by atoms with van der Waals surface area (Å²) in [7, 11) is 3.76. The number of carbonyl (C=O) groups is 1. The van der Waals surface area contributed by atoms with Crippen LogP contribution >= 0.6 is 0 Å². The minimum absolute atomic E-state index is 0.149. The van der Waals surface area contributed by atoms with Gasteiger partial charge in [-0.2, -0.15) is 0 Å². The second kappa shape index (κ2) is 6.89. The molecule has 0 saturated carbocycles. The van der Waals surface area contributed by atoms with Gasteiger partial charge in [-0.25, -0.2) is 4.98 Å². The van der Waals surface area contributed by atoms with Crippen molar-refractivity contribution >= 4 is 11.7 Å². The molecule has 0 aliphatic rings. The van der Waals surface area contributed by atoms with E-state index < -0.39 is 6.10 Å². The number of amides is 1. The molecule has 21 heavy (non-hydrogen) atoms. The van der Waals surface area contributed by atoms with Gasteiger partial charge < -0.3 is 15.3 Å². The van der Waals surface area contributed by atoms with Crippen molar-refractivity contribution in [3.05, 3.63) is 23.9 Å². The van der Waals surface area contributed by atoms with Gasteiger partial charge in [0.15, 0.2) is 0 Å². The average molecular weight is 293 g/mol. The summed E-state index contributed by atoms with van der Waals surface area (Å²) in [6.45, 7) is 8.28. The van der Waals surface area contributed by atoms with Crippen LogP contribution in [-0.2, 0) is 0 Å². The summed E-state index contributed by atoms with van der Waals surface area (Å²) in [6.07, 6.45) is 1.16. The zero-order chi connectivity index (χ0) is 16.2. The van der Waals surface area contributed by atoms with Crippen LogP contribution in [0.5, 0.6) is 0 Å². The third kappa shape index (κ3) is 4.70. The number of aliphatic hydroxyl groups is 1. The van der Waals surface area contributed by atoms with E-state index in [4.69, 9.17) is 0 Å². The molecular formula is C16H27N3O2. The van der Waals surface area contributed by atoms with Gasteiger partial charge >= 0.3 is 0 Å². The standard InChI is InChI=1S/C16H27N3O2/c1-11(2)14(20)16(3,4)10-18-15(21)12-7-8-17-13(9-12)19(5)6/h7-9,11,14,20H,10H2,1-6H3,(H,18,21). The first-order valence-electron chi connectivity index (χ1n) is 7.25. The van der Waals surface area contributed by atoms with Crippen LogP contribution in [0.15, 0.2) is 18.3 Å². The molecule has 1 rings (SSSR count). The number of pyridine rings is 1. The number of hydrogen-bond donors (Lipinski definition) is 2. The molecule has 2 N–H and O–H groups in total. The molecule has 0 fully saturated rings. The molecule has 5 nitrogen and oxygen atoms in total. The quantitative estimate of drug-likeness (QED) is 0.841. The maximum Gasteiger partial charge on any atom is 0.251 e. The molecule has 1 amide bonds. The van der Waals surface area contributed by atoms with Crippen LogP contribution < -0.4 is 10.2 Å². The van der Waals surface area contributed by atoms with Gasteiger partial charge in [0, 0.05) is 37.8 Å². The van der Waals surface area contributed by atoms with Crippen molar-refractivity contribution in [3.8, 4) is 0 Å². The van der Waals surface area contributed by atoms with E-state index in [1.807, 2.05) is 46.7 Å². The van der Waals surface area contributed by atoms with E-state index in [0.29, 0.717) is 12.1 Å². The van der Waals surface area contributed by atoms with Crippen molar-refractivity contribution in [2.75, 3.05) is 25.5 Å². The number of aliphatic hydroxyl groups excluding tert-OH is 1. The summed E-state index contributed by atoms with van der Waals surface area (Å²) in [6, 6.07) is 3.44. The molecule has 0 spiro atoms. The molecule has 0 aliphatic carbocycles. The fraction of sp³-hybridized carbons (Fsp3) is 0.625. The summed E-state index contributed by atoms with van der Waals surface area (Å²) in [4.78, 5) is 18.3.